The van der Waals surface area contributed by atoms with Crippen molar-refractivity contribution in [3.63, 3.8) is 0 Å². The Morgan fingerprint density at radius 2 is 1.50 bits per heavy atom. The van der Waals surface area contributed by atoms with Crippen molar-refractivity contribution < 1.29 is 4.74 Å². The molecule has 0 radical (unpaired) electrons. The molecule has 2 aromatic carbocycles. The zero-order valence-corrected chi connectivity index (χ0v) is 16.9. The highest BCUT2D eigenvalue weighted by Crippen LogP contribution is 2.34. The first-order valence-corrected chi connectivity index (χ1v) is 9.65. The summed E-state index contributed by atoms with van der Waals surface area (Å²) in [5.41, 5.74) is 3.99. The van der Waals surface area contributed by atoms with Crippen LogP contribution in [0, 0.1) is 0 Å². The van der Waals surface area contributed by atoms with Crippen molar-refractivity contribution in [3.05, 3.63) is 71.3 Å². The molecule has 1 aliphatic rings. The molecule has 0 aromatic heterocycles. The van der Waals surface area contributed by atoms with Gasteiger partial charge in [0, 0.05) is 6.54 Å². The van der Waals surface area contributed by atoms with Gasteiger partial charge in [0.25, 0.3) is 0 Å². The number of likely N-dealkylation sites (N-methyl/N-ethyl adjacent to an activating group) is 1. The van der Waals surface area contributed by atoms with Crippen LogP contribution >= 0.6 is 12.4 Å². The zero-order valence-electron chi connectivity index (χ0n) is 16.1. The molecule has 0 saturated heterocycles. The molecule has 1 saturated carbocycles. The van der Waals surface area contributed by atoms with Gasteiger partial charge >= 0.3 is 0 Å². The van der Waals surface area contributed by atoms with E-state index < -0.39 is 0 Å². The van der Waals surface area contributed by atoms with Gasteiger partial charge in [-0.15, -0.1) is 12.4 Å². The lowest BCUT2D eigenvalue weighted by molar-refractivity contribution is 0.0687. The van der Waals surface area contributed by atoms with Gasteiger partial charge in [0.1, 0.15) is 6.10 Å². The van der Waals surface area contributed by atoms with Crippen LogP contribution in [0.4, 0.5) is 0 Å². The van der Waals surface area contributed by atoms with E-state index in [4.69, 9.17) is 4.74 Å². The number of halogens is 1. The van der Waals surface area contributed by atoms with Crippen molar-refractivity contribution >= 4 is 12.4 Å². The molecule has 0 N–H and O–H groups in total. The minimum absolute atomic E-state index is 0. The second kappa shape index (κ2) is 10.7. The highest BCUT2D eigenvalue weighted by Gasteiger charge is 2.18. The van der Waals surface area contributed by atoms with E-state index in [0.717, 1.165) is 19.1 Å². The van der Waals surface area contributed by atoms with Gasteiger partial charge in [0.05, 0.1) is 6.61 Å². The van der Waals surface area contributed by atoms with Crippen molar-refractivity contribution in [1.82, 2.24) is 4.90 Å². The van der Waals surface area contributed by atoms with Crippen LogP contribution in [0.5, 0.6) is 0 Å². The Balaban J connectivity index is 0.00000243. The van der Waals surface area contributed by atoms with Crippen LogP contribution in [0.15, 0.2) is 54.6 Å². The summed E-state index contributed by atoms with van der Waals surface area (Å²) >= 11 is 0. The lowest BCUT2D eigenvalue weighted by atomic mass is 9.83. The molecule has 142 valence electrons. The molecule has 0 amide bonds. The van der Waals surface area contributed by atoms with Crippen LogP contribution in [0.3, 0.4) is 0 Å². The Kier molecular flexibility index (Phi) is 8.64. The molecule has 0 aliphatic heterocycles. The third-order valence-corrected chi connectivity index (χ3v) is 5.24. The van der Waals surface area contributed by atoms with Crippen LogP contribution in [0.2, 0.25) is 0 Å². The number of hydrogen-bond donors (Lipinski definition) is 0. The average molecular weight is 374 g/mol. The van der Waals surface area contributed by atoms with Gasteiger partial charge in [-0.05, 0) is 49.5 Å². The van der Waals surface area contributed by atoms with Crippen molar-refractivity contribution in [1.29, 1.82) is 0 Å². The number of rotatable bonds is 7. The number of benzene rings is 2. The molecule has 2 aromatic rings. The van der Waals surface area contributed by atoms with E-state index in [1.54, 1.807) is 0 Å². The molecule has 1 aliphatic carbocycles. The topological polar surface area (TPSA) is 12.5 Å². The summed E-state index contributed by atoms with van der Waals surface area (Å²) in [6.45, 7) is 1.67. The summed E-state index contributed by atoms with van der Waals surface area (Å²) in [7, 11) is 4.17. The minimum atomic E-state index is 0. The van der Waals surface area contributed by atoms with Gasteiger partial charge in [-0.3, -0.25) is 0 Å². The van der Waals surface area contributed by atoms with Gasteiger partial charge in [-0.2, -0.15) is 0 Å². The maximum absolute atomic E-state index is 6.27. The van der Waals surface area contributed by atoms with E-state index in [9.17, 15) is 0 Å². The Morgan fingerprint density at radius 1 is 0.885 bits per heavy atom. The molecule has 1 unspecified atom stereocenters. The molecule has 3 rings (SSSR count). The summed E-state index contributed by atoms with van der Waals surface area (Å²) in [5, 5.41) is 0. The smallest absolute Gasteiger partial charge is 0.108 e. The highest BCUT2D eigenvalue weighted by atomic mass is 35.5. The number of ether oxygens (including phenoxy) is 1. The maximum Gasteiger partial charge on any atom is 0.108 e. The van der Waals surface area contributed by atoms with E-state index in [2.05, 4.69) is 73.6 Å². The summed E-state index contributed by atoms with van der Waals surface area (Å²) in [4.78, 5) is 2.16. The second-order valence-electron chi connectivity index (χ2n) is 7.47. The first-order valence-electron chi connectivity index (χ1n) is 9.65. The fraction of sp³-hybridized carbons (Fsp3) is 0.478. The lowest BCUT2D eigenvalue weighted by Crippen LogP contribution is -2.20. The summed E-state index contributed by atoms with van der Waals surface area (Å²) < 4.78 is 6.27. The fourth-order valence-electron chi connectivity index (χ4n) is 3.74. The van der Waals surface area contributed by atoms with E-state index >= 15 is 0 Å². The second-order valence-corrected chi connectivity index (χ2v) is 7.47. The Labute approximate surface area is 165 Å². The molecule has 3 heteroatoms. The largest absolute Gasteiger partial charge is 0.367 e. The normalized spacial score (nSPS) is 16.3. The van der Waals surface area contributed by atoms with Gasteiger partial charge < -0.3 is 9.64 Å². The van der Waals surface area contributed by atoms with Crippen molar-refractivity contribution in [2.45, 2.75) is 44.1 Å². The molecule has 0 spiro atoms. The summed E-state index contributed by atoms with van der Waals surface area (Å²) in [6.07, 6.45) is 6.88. The van der Waals surface area contributed by atoms with Gasteiger partial charge in [-0.25, -0.2) is 0 Å². The average Bonchev–Trinajstić information content (AvgIpc) is 2.67. The van der Waals surface area contributed by atoms with Crippen LogP contribution in [-0.2, 0) is 4.74 Å². The third-order valence-electron chi connectivity index (χ3n) is 5.24. The van der Waals surface area contributed by atoms with Gasteiger partial charge in [-0.1, -0.05) is 73.9 Å². The molecule has 0 bridgehead atoms. The number of nitrogens with zero attached hydrogens (tertiary/aromatic N) is 1. The SMILES string of the molecule is CN(C)CCOC(c1ccccc1)c1ccc(C2CCCCC2)cc1.Cl. The van der Waals surface area contributed by atoms with Crippen molar-refractivity contribution in [2.75, 3.05) is 27.2 Å². The summed E-state index contributed by atoms with van der Waals surface area (Å²) in [5.74, 6) is 0.757. The third kappa shape index (κ3) is 5.84. The van der Waals surface area contributed by atoms with Crippen LogP contribution in [0.1, 0.15) is 60.8 Å². The Morgan fingerprint density at radius 3 is 2.12 bits per heavy atom. The highest BCUT2D eigenvalue weighted by molar-refractivity contribution is 5.85. The van der Waals surface area contributed by atoms with E-state index in [1.807, 2.05) is 0 Å². The molecule has 1 atom stereocenters. The molecule has 26 heavy (non-hydrogen) atoms. The van der Waals surface area contributed by atoms with Crippen LogP contribution < -0.4 is 0 Å². The predicted molar refractivity (Wildman–Crippen MR) is 112 cm³/mol. The van der Waals surface area contributed by atoms with E-state index in [-0.39, 0.29) is 18.5 Å². The predicted octanol–water partition coefficient (Wildman–Crippen LogP) is 5.82. The van der Waals surface area contributed by atoms with Crippen molar-refractivity contribution in [3.8, 4) is 0 Å². The van der Waals surface area contributed by atoms with Crippen LogP contribution in [-0.4, -0.2) is 32.1 Å². The molecule has 2 nitrogen and oxygen atoms in total. The number of hydrogen-bond acceptors (Lipinski definition) is 2. The van der Waals surface area contributed by atoms with Crippen molar-refractivity contribution in [2.24, 2.45) is 0 Å². The first-order chi connectivity index (χ1) is 12.2. The zero-order chi connectivity index (χ0) is 17.5. The van der Waals surface area contributed by atoms with Gasteiger partial charge in [0.15, 0.2) is 0 Å². The monoisotopic (exact) mass is 373 g/mol. The maximum atomic E-state index is 6.27. The Hall–Kier alpha value is -1.35. The van der Waals surface area contributed by atoms with E-state index in [0.29, 0.717) is 0 Å². The Bertz CT molecular complexity index is 620. The molecule has 1 fully saturated rings. The lowest BCUT2D eigenvalue weighted by Gasteiger charge is -2.24. The minimum Gasteiger partial charge on any atom is -0.367 e. The van der Waals surface area contributed by atoms with E-state index in [1.165, 1.54) is 48.8 Å². The quantitative estimate of drug-likeness (QED) is 0.605. The molecular formula is C23H32ClNO. The summed E-state index contributed by atoms with van der Waals surface area (Å²) in [6, 6.07) is 19.8. The standard InChI is InChI=1S/C23H31NO.ClH/c1-24(2)17-18-25-23(21-11-7-4-8-12-21)22-15-13-20(14-16-22)19-9-5-3-6-10-19;/h4,7-8,11-16,19,23H,3,5-6,9-10,17-18H2,1-2H3;1H. The van der Waals surface area contributed by atoms with Gasteiger partial charge in [0.2, 0.25) is 0 Å². The fourth-order valence-corrected chi connectivity index (χ4v) is 3.74. The molecular weight excluding hydrogens is 342 g/mol. The first kappa shape index (κ1) is 21.0. The molecule has 0 heterocycles. The van der Waals surface area contributed by atoms with Crippen LogP contribution in [0.25, 0.3) is 0 Å².